The molecule has 2 unspecified atom stereocenters. The fraction of sp³-hybridized carbons (Fsp3) is 0.657. The van der Waals surface area contributed by atoms with Gasteiger partial charge in [-0.05, 0) is 69.4 Å². The largest absolute Gasteiger partial charge is 0.493 e. The van der Waals surface area contributed by atoms with E-state index in [-0.39, 0.29) is 59.0 Å². The minimum Gasteiger partial charge on any atom is -0.493 e. The van der Waals surface area contributed by atoms with E-state index in [0.29, 0.717) is 56.2 Å². The van der Waals surface area contributed by atoms with Crippen LogP contribution in [0.3, 0.4) is 0 Å². The smallest absolute Gasteiger partial charge is 0.273 e. The van der Waals surface area contributed by atoms with Crippen molar-refractivity contribution >= 4 is 28.6 Å². The maximum Gasteiger partial charge on any atom is 0.273 e. The molecule has 0 bridgehead atoms. The van der Waals surface area contributed by atoms with Gasteiger partial charge in [-0.15, -0.1) is 0 Å². The summed E-state index contributed by atoms with van der Waals surface area (Å²) in [5, 5.41) is 4.30. The quantitative estimate of drug-likeness (QED) is 0.276. The molecule has 10 nitrogen and oxygen atoms in total. The molecule has 3 atom stereocenters. The highest BCUT2D eigenvalue weighted by atomic mass is 19.1. The molecule has 3 N–H and O–H groups in total. The third-order valence-electron chi connectivity index (χ3n) is 9.76. The van der Waals surface area contributed by atoms with Crippen molar-refractivity contribution in [3.63, 3.8) is 0 Å². The van der Waals surface area contributed by atoms with E-state index in [1.807, 2.05) is 37.5 Å². The lowest BCUT2D eigenvalue weighted by Gasteiger charge is -2.41. The molecule has 252 valence electrons. The van der Waals surface area contributed by atoms with Crippen LogP contribution < -0.4 is 15.8 Å². The molecule has 3 fully saturated rings. The lowest BCUT2D eigenvalue weighted by atomic mass is 9.84. The topological polar surface area (TPSA) is 127 Å². The summed E-state index contributed by atoms with van der Waals surface area (Å²) in [5.74, 6) is -0.253. The van der Waals surface area contributed by atoms with E-state index in [0.717, 1.165) is 32.1 Å². The van der Waals surface area contributed by atoms with Gasteiger partial charge in [0.05, 0.1) is 6.61 Å². The molecule has 1 aromatic heterocycles. The van der Waals surface area contributed by atoms with Gasteiger partial charge in [0, 0.05) is 81.2 Å². The number of para-hydroxylation sites is 1. The molecule has 1 aromatic carbocycles. The third-order valence-corrected chi connectivity index (χ3v) is 9.76. The number of amides is 3. The van der Waals surface area contributed by atoms with Gasteiger partial charge in [0.1, 0.15) is 22.8 Å². The summed E-state index contributed by atoms with van der Waals surface area (Å²) < 4.78 is 26.0. The maximum atomic E-state index is 14.9. The Morgan fingerprint density at radius 3 is 2.54 bits per heavy atom. The fourth-order valence-corrected chi connectivity index (χ4v) is 7.19. The predicted octanol–water partition coefficient (Wildman–Crippen LogP) is 4.43. The molecule has 3 amide bonds. The summed E-state index contributed by atoms with van der Waals surface area (Å²) >= 11 is 0. The number of nitrogens with zero attached hydrogens (tertiary/aromatic N) is 3. The Balaban J connectivity index is 1.25. The van der Waals surface area contributed by atoms with Crippen LogP contribution in [0.1, 0.15) is 89.5 Å². The second-order valence-electron chi connectivity index (χ2n) is 14.5. The number of nitrogens with two attached hydrogens (primary N) is 1. The number of rotatable bonds is 15. The number of fused-ring (bicyclic) bond motifs is 1. The van der Waals surface area contributed by atoms with Crippen LogP contribution in [-0.4, -0.2) is 89.6 Å². The number of primary amides is 1. The summed E-state index contributed by atoms with van der Waals surface area (Å²) in [5.41, 5.74) is 5.20. The molecule has 3 aliphatic rings. The minimum atomic E-state index is -0.499. The number of ether oxygens (including phenoxy) is 2. The molecule has 1 saturated heterocycles. The Kier molecular flexibility index (Phi) is 10.2. The van der Waals surface area contributed by atoms with Crippen LogP contribution in [0.5, 0.6) is 5.75 Å². The zero-order chi connectivity index (χ0) is 33.2. The zero-order valence-corrected chi connectivity index (χ0v) is 27.9. The number of hydrogen-bond donors (Lipinski definition) is 2. The normalized spacial score (nSPS) is 22.7. The molecule has 1 aliphatic heterocycles. The number of aromatic nitrogens is 1. The second kappa shape index (κ2) is 13.8. The third kappa shape index (κ3) is 7.79. The standard InChI is InChI=1S/C35H50FN5O5/c1-22(2)41(33(44)28-16-29(46-15-7-14-45-5)26-8-6-9-27(36)32(26)39-28)25-12-13-35(38-20-25)17-23(35)21-40(24-10-11-24)31(43)19-34(3,4)18-30(37)42/h6,8-9,16,22-25,38H,7,10-15,17-21H2,1-5H3,(H2,37,42)/t23-,25?,35?/m0/s1. The number of pyridine rings is 1. The molecular formula is C35H50FN5O5. The maximum absolute atomic E-state index is 14.9. The van der Waals surface area contributed by atoms with E-state index in [2.05, 4.69) is 10.3 Å². The van der Waals surface area contributed by atoms with Gasteiger partial charge < -0.3 is 30.3 Å². The van der Waals surface area contributed by atoms with E-state index in [1.165, 1.54) is 6.07 Å². The Hall–Kier alpha value is -3.31. The van der Waals surface area contributed by atoms with E-state index in [9.17, 15) is 18.8 Å². The van der Waals surface area contributed by atoms with Gasteiger partial charge in [-0.2, -0.15) is 0 Å². The van der Waals surface area contributed by atoms with Crippen molar-refractivity contribution < 1.29 is 28.2 Å². The Labute approximate surface area is 271 Å². The summed E-state index contributed by atoms with van der Waals surface area (Å²) in [6.07, 6.45) is 5.90. The predicted molar refractivity (Wildman–Crippen MR) is 174 cm³/mol. The number of carbonyl (C=O) groups is 3. The van der Waals surface area contributed by atoms with Crippen molar-refractivity contribution in [2.24, 2.45) is 17.1 Å². The lowest BCUT2D eigenvalue weighted by molar-refractivity contribution is -0.134. The molecule has 11 heteroatoms. The van der Waals surface area contributed by atoms with Crippen molar-refractivity contribution in [1.29, 1.82) is 0 Å². The van der Waals surface area contributed by atoms with Gasteiger partial charge in [-0.3, -0.25) is 14.4 Å². The monoisotopic (exact) mass is 639 g/mol. The fourth-order valence-electron chi connectivity index (χ4n) is 7.19. The Morgan fingerprint density at radius 1 is 1.15 bits per heavy atom. The number of carbonyl (C=O) groups excluding carboxylic acids is 3. The van der Waals surface area contributed by atoms with Gasteiger partial charge in [0.15, 0.2) is 0 Å². The molecule has 2 saturated carbocycles. The second-order valence-corrected chi connectivity index (χ2v) is 14.5. The van der Waals surface area contributed by atoms with Gasteiger partial charge in [-0.1, -0.05) is 19.9 Å². The van der Waals surface area contributed by atoms with E-state index >= 15 is 0 Å². The van der Waals surface area contributed by atoms with E-state index in [1.54, 1.807) is 25.3 Å². The summed E-state index contributed by atoms with van der Waals surface area (Å²) in [6, 6.07) is 6.47. The number of halogens is 1. The van der Waals surface area contributed by atoms with Crippen molar-refractivity contribution in [2.75, 3.05) is 33.4 Å². The first-order chi connectivity index (χ1) is 21.8. The number of benzene rings is 1. The number of hydrogen-bond acceptors (Lipinski definition) is 7. The van der Waals surface area contributed by atoms with Gasteiger partial charge in [-0.25, -0.2) is 9.37 Å². The van der Waals surface area contributed by atoms with Crippen LogP contribution in [0.15, 0.2) is 24.3 Å². The summed E-state index contributed by atoms with van der Waals surface area (Å²) in [4.78, 5) is 47.3. The molecule has 5 rings (SSSR count). The lowest BCUT2D eigenvalue weighted by Crippen LogP contribution is -2.55. The minimum absolute atomic E-state index is 0.0358. The first-order valence-electron chi connectivity index (χ1n) is 16.7. The molecule has 46 heavy (non-hydrogen) atoms. The Bertz CT molecular complexity index is 1440. The van der Waals surface area contributed by atoms with Gasteiger partial charge >= 0.3 is 0 Å². The first kappa shape index (κ1) is 34.0. The van der Waals surface area contributed by atoms with E-state index in [4.69, 9.17) is 15.2 Å². The number of nitrogens with one attached hydrogen (secondary N) is 1. The van der Waals surface area contributed by atoms with Gasteiger partial charge in [0.25, 0.3) is 5.91 Å². The van der Waals surface area contributed by atoms with Crippen molar-refractivity contribution in [3.05, 3.63) is 35.8 Å². The molecule has 1 spiro atoms. The highest BCUT2D eigenvalue weighted by Gasteiger charge is 2.57. The van der Waals surface area contributed by atoms with Crippen molar-refractivity contribution in [2.45, 2.75) is 103 Å². The molecule has 2 aliphatic carbocycles. The van der Waals surface area contributed by atoms with Gasteiger partial charge in [0.2, 0.25) is 11.8 Å². The summed E-state index contributed by atoms with van der Waals surface area (Å²) in [6.45, 7) is 10.1. The first-order valence-corrected chi connectivity index (χ1v) is 16.7. The highest BCUT2D eigenvalue weighted by Crippen LogP contribution is 2.50. The average Bonchev–Trinajstić information content (AvgIpc) is 3.91. The van der Waals surface area contributed by atoms with Crippen molar-refractivity contribution in [1.82, 2.24) is 20.1 Å². The van der Waals surface area contributed by atoms with Crippen LogP contribution in [0.4, 0.5) is 4.39 Å². The van der Waals surface area contributed by atoms with Crippen LogP contribution in [-0.2, 0) is 14.3 Å². The molecular weight excluding hydrogens is 589 g/mol. The average molecular weight is 640 g/mol. The van der Waals surface area contributed by atoms with Crippen molar-refractivity contribution in [3.8, 4) is 5.75 Å². The molecule has 2 heterocycles. The summed E-state index contributed by atoms with van der Waals surface area (Å²) in [7, 11) is 1.63. The van der Waals surface area contributed by atoms with E-state index < -0.39 is 11.2 Å². The van der Waals surface area contributed by atoms with Crippen LogP contribution in [0.25, 0.3) is 10.9 Å². The van der Waals surface area contributed by atoms with Crippen LogP contribution in [0, 0.1) is 17.2 Å². The number of methoxy groups -OCH3 is 1. The SMILES string of the molecule is COCCCOc1cc(C(=O)N(C(C)C)C2CCC3(C[C@H]3CN(C(=O)CC(C)(C)CC(N)=O)C3CC3)NC2)nc2c(F)cccc12. The Morgan fingerprint density at radius 2 is 1.91 bits per heavy atom. The molecule has 0 radical (unpaired) electrons. The molecule has 2 aromatic rings. The zero-order valence-electron chi connectivity index (χ0n) is 27.9. The van der Waals surface area contributed by atoms with Crippen LogP contribution >= 0.6 is 0 Å². The highest BCUT2D eigenvalue weighted by molar-refractivity contribution is 5.97. The number of piperidine rings is 1. The van der Waals surface area contributed by atoms with Crippen LogP contribution in [0.2, 0.25) is 0 Å².